The molecule has 0 atom stereocenters. The number of nitrogens with zero attached hydrogens (tertiary/aromatic N) is 3. The van der Waals surface area contributed by atoms with E-state index in [2.05, 4.69) is 35.9 Å². The highest BCUT2D eigenvalue weighted by atomic mass is 15.2. The molecule has 0 saturated heterocycles. The van der Waals surface area contributed by atoms with Gasteiger partial charge in [-0.1, -0.05) is 0 Å². The molecule has 0 N–H and O–H groups in total. The van der Waals surface area contributed by atoms with E-state index in [4.69, 9.17) is 0 Å². The Morgan fingerprint density at radius 1 is 1.55 bits per heavy atom. The van der Waals surface area contributed by atoms with Crippen molar-refractivity contribution in [2.45, 2.75) is 6.42 Å². The Bertz CT molecular complexity index is 151. The minimum atomic E-state index is 0.969. The van der Waals surface area contributed by atoms with Gasteiger partial charge >= 0.3 is 0 Å². The second-order valence-corrected chi connectivity index (χ2v) is 3.31. The minimum absolute atomic E-state index is 0.969. The van der Waals surface area contributed by atoms with E-state index in [9.17, 15) is 0 Å². The summed E-state index contributed by atoms with van der Waals surface area (Å²) < 4.78 is 0. The second kappa shape index (κ2) is 3.72. The summed E-state index contributed by atoms with van der Waals surface area (Å²) in [6, 6.07) is 0. The molecular weight excluding hydrogens is 138 g/mol. The Hall–Kier alpha value is -0.570. The van der Waals surface area contributed by atoms with Crippen molar-refractivity contribution in [1.82, 2.24) is 9.80 Å². The molecule has 0 unspecified atom stereocenters. The highest BCUT2D eigenvalue weighted by Crippen LogP contribution is 2.00. The third kappa shape index (κ3) is 2.50. The van der Waals surface area contributed by atoms with Gasteiger partial charge in [0.15, 0.2) is 0 Å². The molecule has 0 bridgehead atoms. The molecule has 0 aromatic rings. The van der Waals surface area contributed by atoms with Gasteiger partial charge < -0.3 is 9.80 Å². The Morgan fingerprint density at radius 3 is 2.82 bits per heavy atom. The summed E-state index contributed by atoms with van der Waals surface area (Å²) in [4.78, 5) is 8.84. The number of likely N-dealkylation sites (N-methyl/N-ethyl adjacent to an activating group) is 2. The van der Waals surface area contributed by atoms with Crippen molar-refractivity contribution in [3.05, 3.63) is 0 Å². The minimum Gasteiger partial charge on any atom is -0.362 e. The van der Waals surface area contributed by atoms with Gasteiger partial charge in [0, 0.05) is 20.1 Å². The van der Waals surface area contributed by atoms with Crippen LogP contribution in [0.3, 0.4) is 0 Å². The van der Waals surface area contributed by atoms with Gasteiger partial charge in [-0.05, 0) is 20.5 Å². The predicted molar refractivity (Wildman–Crippen MR) is 48.1 cm³/mol. The van der Waals surface area contributed by atoms with Crippen molar-refractivity contribution in [1.29, 1.82) is 0 Å². The molecule has 3 heteroatoms. The van der Waals surface area contributed by atoms with Crippen molar-refractivity contribution >= 4 is 5.84 Å². The fourth-order valence-corrected chi connectivity index (χ4v) is 1.22. The first kappa shape index (κ1) is 8.53. The predicted octanol–water partition coefficient (Wildman–Crippen LogP) is 0.282. The molecule has 0 aromatic heterocycles. The summed E-state index contributed by atoms with van der Waals surface area (Å²) in [6.45, 7) is 3.14. The molecule has 64 valence electrons. The van der Waals surface area contributed by atoms with Crippen LogP contribution in [0.2, 0.25) is 0 Å². The Kier molecular flexibility index (Phi) is 2.88. The molecule has 1 aliphatic heterocycles. The third-order valence-electron chi connectivity index (χ3n) is 1.84. The van der Waals surface area contributed by atoms with Gasteiger partial charge in [0.1, 0.15) is 5.84 Å². The molecule has 3 nitrogen and oxygen atoms in total. The van der Waals surface area contributed by atoms with Crippen LogP contribution in [-0.2, 0) is 0 Å². The fourth-order valence-electron chi connectivity index (χ4n) is 1.22. The maximum absolute atomic E-state index is 4.45. The normalized spacial score (nSPS) is 18.9. The Morgan fingerprint density at radius 2 is 2.27 bits per heavy atom. The average molecular weight is 155 g/mol. The first-order valence-corrected chi connectivity index (χ1v) is 4.09. The van der Waals surface area contributed by atoms with Gasteiger partial charge in [0.05, 0.1) is 6.54 Å². The highest BCUT2D eigenvalue weighted by molar-refractivity contribution is 5.84. The van der Waals surface area contributed by atoms with Gasteiger partial charge in [-0.15, -0.1) is 0 Å². The number of amidine groups is 1. The first-order chi connectivity index (χ1) is 5.20. The summed E-state index contributed by atoms with van der Waals surface area (Å²) in [5.41, 5.74) is 0. The van der Waals surface area contributed by atoms with E-state index in [1.165, 1.54) is 12.3 Å². The molecule has 0 amide bonds. The molecule has 0 aromatic carbocycles. The van der Waals surface area contributed by atoms with Crippen LogP contribution >= 0.6 is 0 Å². The van der Waals surface area contributed by atoms with E-state index in [0.717, 1.165) is 19.6 Å². The van der Waals surface area contributed by atoms with Crippen molar-refractivity contribution in [3.8, 4) is 0 Å². The Labute approximate surface area is 68.7 Å². The maximum Gasteiger partial charge on any atom is 0.113 e. The van der Waals surface area contributed by atoms with Crippen LogP contribution in [0, 0.1) is 0 Å². The van der Waals surface area contributed by atoms with Crippen LogP contribution < -0.4 is 0 Å². The summed E-state index contributed by atoms with van der Waals surface area (Å²) in [5.74, 6) is 1.22. The number of aliphatic imine (C=N–C) groups is 1. The molecule has 0 radical (unpaired) electrons. The first-order valence-electron chi connectivity index (χ1n) is 4.09. The summed E-state index contributed by atoms with van der Waals surface area (Å²) in [7, 11) is 6.26. The zero-order valence-electron chi connectivity index (χ0n) is 7.67. The van der Waals surface area contributed by atoms with Crippen molar-refractivity contribution in [2.24, 2.45) is 4.99 Å². The lowest BCUT2D eigenvalue weighted by atomic mass is 10.3. The van der Waals surface area contributed by atoms with Gasteiger partial charge in [-0.2, -0.15) is 0 Å². The SMILES string of the molecule is CN(C)CC1=NCCCN1C. The summed E-state index contributed by atoms with van der Waals surface area (Å²) in [5, 5.41) is 0. The molecule has 1 rings (SSSR count). The van der Waals surface area contributed by atoms with Crippen LogP contribution in [0.15, 0.2) is 4.99 Å². The van der Waals surface area contributed by atoms with Crippen molar-refractivity contribution in [3.63, 3.8) is 0 Å². The van der Waals surface area contributed by atoms with E-state index in [1.54, 1.807) is 0 Å². The highest BCUT2D eigenvalue weighted by Gasteiger charge is 2.10. The molecule has 11 heavy (non-hydrogen) atoms. The fraction of sp³-hybridized carbons (Fsp3) is 0.875. The molecule has 1 aliphatic rings. The molecule has 0 spiro atoms. The second-order valence-electron chi connectivity index (χ2n) is 3.31. The molecule has 1 heterocycles. The van der Waals surface area contributed by atoms with Crippen LogP contribution in [0.4, 0.5) is 0 Å². The molecular formula is C8H17N3. The molecule has 0 fully saturated rings. The topological polar surface area (TPSA) is 18.8 Å². The van der Waals surface area contributed by atoms with Crippen LogP contribution in [0.5, 0.6) is 0 Å². The zero-order chi connectivity index (χ0) is 8.27. The van der Waals surface area contributed by atoms with Gasteiger partial charge in [-0.3, -0.25) is 4.99 Å². The maximum atomic E-state index is 4.45. The largest absolute Gasteiger partial charge is 0.362 e. The smallest absolute Gasteiger partial charge is 0.113 e. The quantitative estimate of drug-likeness (QED) is 0.570. The van der Waals surface area contributed by atoms with E-state index >= 15 is 0 Å². The van der Waals surface area contributed by atoms with Gasteiger partial charge in [0.25, 0.3) is 0 Å². The van der Waals surface area contributed by atoms with Gasteiger partial charge in [-0.25, -0.2) is 0 Å². The van der Waals surface area contributed by atoms with E-state index < -0.39 is 0 Å². The summed E-state index contributed by atoms with van der Waals surface area (Å²) in [6.07, 6.45) is 1.20. The van der Waals surface area contributed by atoms with E-state index in [-0.39, 0.29) is 0 Å². The number of hydrogen-bond donors (Lipinski definition) is 0. The average Bonchev–Trinajstić information content (AvgIpc) is 1.93. The lowest BCUT2D eigenvalue weighted by Gasteiger charge is -2.26. The van der Waals surface area contributed by atoms with Crippen molar-refractivity contribution < 1.29 is 0 Å². The van der Waals surface area contributed by atoms with E-state index in [0.29, 0.717) is 0 Å². The van der Waals surface area contributed by atoms with Crippen LogP contribution in [-0.4, -0.2) is 56.4 Å². The van der Waals surface area contributed by atoms with E-state index in [1.807, 2.05) is 0 Å². The van der Waals surface area contributed by atoms with Crippen molar-refractivity contribution in [2.75, 3.05) is 40.8 Å². The van der Waals surface area contributed by atoms with Gasteiger partial charge in [0.2, 0.25) is 0 Å². The lowest BCUT2D eigenvalue weighted by Crippen LogP contribution is -2.38. The number of rotatable bonds is 2. The molecule has 0 aliphatic carbocycles. The Balaban J connectivity index is 2.47. The molecule has 0 saturated carbocycles. The van der Waals surface area contributed by atoms with Crippen LogP contribution in [0.1, 0.15) is 6.42 Å². The monoisotopic (exact) mass is 155 g/mol. The van der Waals surface area contributed by atoms with Crippen LogP contribution in [0.25, 0.3) is 0 Å². The number of hydrogen-bond acceptors (Lipinski definition) is 3. The lowest BCUT2D eigenvalue weighted by molar-refractivity contribution is 0.404. The standard InChI is InChI=1S/C8H17N3/c1-10(2)7-8-9-5-4-6-11(8)3/h4-7H2,1-3H3. The summed E-state index contributed by atoms with van der Waals surface area (Å²) >= 11 is 0. The zero-order valence-corrected chi connectivity index (χ0v) is 7.67. The third-order valence-corrected chi connectivity index (χ3v) is 1.84.